The summed E-state index contributed by atoms with van der Waals surface area (Å²) in [6.07, 6.45) is -0.427. The predicted octanol–water partition coefficient (Wildman–Crippen LogP) is 1.62. The van der Waals surface area contributed by atoms with E-state index in [0.29, 0.717) is 13.1 Å². The number of carbonyl (C=O) groups is 1. The van der Waals surface area contributed by atoms with Gasteiger partial charge >= 0.3 is 6.09 Å². The molecule has 0 radical (unpaired) electrons. The number of ether oxygens (including phenoxy) is 1. The van der Waals surface area contributed by atoms with E-state index in [9.17, 15) is 9.18 Å². The van der Waals surface area contributed by atoms with Crippen LogP contribution in [0.15, 0.2) is 24.3 Å². The Kier molecular flexibility index (Phi) is 3.58. The number of halogens is 1. The van der Waals surface area contributed by atoms with Crippen molar-refractivity contribution in [2.24, 2.45) is 0 Å². The fourth-order valence-corrected chi connectivity index (χ4v) is 1.79. The zero-order valence-corrected chi connectivity index (χ0v) is 9.65. The Balaban J connectivity index is 1.96. The number of rotatable bonds is 1. The summed E-state index contributed by atoms with van der Waals surface area (Å²) in [7, 11) is 0. The summed E-state index contributed by atoms with van der Waals surface area (Å²) >= 11 is 0. The van der Waals surface area contributed by atoms with E-state index in [2.05, 4.69) is 5.32 Å². The van der Waals surface area contributed by atoms with Gasteiger partial charge in [0, 0.05) is 31.7 Å². The summed E-state index contributed by atoms with van der Waals surface area (Å²) < 4.78 is 18.0. The van der Waals surface area contributed by atoms with Crippen molar-refractivity contribution in [3.63, 3.8) is 0 Å². The Bertz CT molecular complexity index is 411. The van der Waals surface area contributed by atoms with Gasteiger partial charge in [-0.05, 0) is 19.1 Å². The van der Waals surface area contributed by atoms with Gasteiger partial charge in [-0.15, -0.1) is 0 Å². The van der Waals surface area contributed by atoms with Crippen LogP contribution in [0.1, 0.15) is 6.92 Å². The molecule has 1 aliphatic rings. The topological polar surface area (TPSA) is 41.6 Å². The standard InChI is InChI=1S/C12H15FN2O2/c1-9-8-15(6-5-14-9)12(16)17-11-4-2-3-10(13)7-11/h2-4,7,9,14H,5-6,8H2,1H3. The second-order valence-electron chi connectivity index (χ2n) is 4.13. The number of hydrogen-bond donors (Lipinski definition) is 1. The molecule has 0 bridgehead atoms. The third kappa shape index (κ3) is 3.17. The zero-order chi connectivity index (χ0) is 12.3. The van der Waals surface area contributed by atoms with Gasteiger partial charge in [0.15, 0.2) is 0 Å². The van der Waals surface area contributed by atoms with Crippen molar-refractivity contribution < 1.29 is 13.9 Å². The smallest absolute Gasteiger partial charge is 0.410 e. The summed E-state index contributed by atoms with van der Waals surface area (Å²) in [6, 6.07) is 5.84. The van der Waals surface area contributed by atoms with Gasteiger partial charge in [0.05, 0.1) is 0 Å². The zero-order valence-electron chi connectivity index (χ0n) is 9.65. The average Bonchev–Trinajstić information content (AvgIpc) is 2.29. The van der Waals surface area contributed by atoms with Crippen molar-refractivity contribution in [3.05, 3.63) is 30.1 Å². The van der Waals surface area contributed by atoms with Crippen LogP contribution in [0.5, 0.6) is 5.75 Å². The van der Waals surface area contributed by atoms with E-state index in [4.69, 9.17) is 4.74 Å². The first kappa shape index (κ1) is 11.9. The molecular weight excluding hydrogens is 223 g/mol. The van der Waals surface area contributed by atoms with E-state index in [1.807, 2.05) is 6.92 Å². The maximum Gasteiger partial charge on any atom is 0.415 e. The number of nitrogens with zero attached hydrogens (tertiary/aromatic N) is 1. The van der Waals surface area contributed by atoms with Crippen LogP contribution < -0.4 is 10.1 Å². The lowest BCUT2D eigenvalue weighted by molar-refractivity contribution is 0.137. The summed E-state index contributed by atoms with van der Waals surface area (Å²) in [6.45, 7) is 3.97. The molecule has 17 heavy (non-hydrogen) atoms. The van der Waals surface area contributed by atoms with Crippen molar-refractivity contribution in [3.8, 4) is 5.75 Å². The van der Waals surface area contributed by atoms with Gasteiger partial charge in [0.2, 0.25) is 0 Å². The molecule has 1 fully saturated rings. The summed E-state index contributed by atoms with van der Waals surface area (Å²) in [5.41, 5.74) is 0. The Labute approximate surface area is 99.4 Å². The second-order valence-corrected chi connectivity index (χ2v) is 4.13. The third-order valence-corrected chi connectivity index (χ3v) is 2.63. The Morgan fingerprint density at radius 2 is 2.41 bits per heavy atom. The molecule has 1 unspecified atom stereocenters. The second kappa shape index (κ2) is 5.14. The van der Waals surface area contributed by atoms with Gasteiger partial charge in [0.1, 0.15) is 11.6 Å². The Morgan fingerprint density at radius 1 is 1.59 bits per heavy atom. The summed E-state index contributed by atoms with van der Waals surface area (Å²) in [4.78, 5) is 13.4. The molecule has 1 saturated heterocycles. The molecule has 0 saturated carbocycles. The number of piperazine rings is 1. The van der Waals surface area contributed by atoms with Crippen LogP contribution in [-0.2, 0) is 0 Å². The molecule has 1 amide bonds. The Hall–Kier alpha value is -1.62. The number of nitrogens with one attached hydrogen (secondary N) is 1. The van der Waals surface area contributed by atoms with Gasteiger partial charge in [-0.1, -0.05) is 6.07 Å². The lowest BCUT2D eigenvalue weighted by Gasteiger charge is -2.30. The molecule has 2 rings (SSSR count). The van der Waals surface area contributed by atoms with Crippen LogP contribution in [0.4, 0.5) is 9.18 Å². The highest BCUT2D eigenvalue weighted by Gasteiger charge is 2.21. The molecule has 5 heteroatoms. The normalized spacial score (nSPS) is 20.1. The highest BCUT2D eigenvalue weighted by Crippen LogP contribution is 2.13. The first-order chi connectivity index (χ1) is 8.15. The first-order valence-corrected chi connectivity index (χ1v) is 5.61. The molecule has 1 N–H and O–H groups in total. The summed E-state index contributed by atoms with van der Waals surface area (Å²) in [5.74, 6) is -0.176. The molecule has 1 aliphatic heterocycles. The largest absolute Gasteiger partial charge is 0.415 e. The van der Waals surface area contributed by atoms with Gasteiger partial charge in [0.25, 0.3) is 0 Å². The molecule has 4 nitrogen and oxygen atoms in total. The molecule has 0 spiro atoms. The van der Waals surface area contributed by atoms with Gasteiger partial charge in [-0.25, -0.2) is 9.18 Å². The van der Waals surface area contributed by atoms with E-state index >= 15 is 0 Å². The minimum Gasteiger partial charge on any atom is -0.410 e. The maximum atomic E-state index is 12.9. The highest BCUT2D eigenvalue weighted by molar-refractivity contribution is 5.70. The number of carbonyl (C=O) groups excluding carboxylic acids is 1. The van der Waals surface area contributed by atoms with Gasteiger partial charge < -0.3 is 15.0 Å². The van der Waals surface area contributed by atoms with E-state index in [0.717, 1.165) is 6.54 Å². The van der Waals surface area contributed by atoms with Crippen LogP contribution in [-0.4, -0.2) is 36.7 Å². The number of hydrogen-bond acceptors (Lipinski definition) is 3. The summed E-state index contributed by atoms with van der Waals surface area (Å²) in [5, 5.41) is 3.23. The third-order valence-electron chi connectivity index (χ3n) is 2.63. The highest BCUT2D eigenvalue weighted by atomic mass is 19.1. The first-order valence-electron chi connectivity index (χ1n) is 5.61. The van der Waals surface area contributed by atoms with Gasteiger partial charge in [-0.2, -0.15) is 0 Å². The molecule has 92 valence electrons. The lowest BCUT2D eigenvalue weighted by Crippen LogP contribution is -2.52. The molecule has 0 aromatic heterocycles. The minimum absolute atomic E-state index is 0.237. The number of benzene rings is 1. The number of amides is 1. The molecule has 0 aliphatic carbocycles. The molecule has 1 aromatic carbocycles. The quantitative estimate of drug-likeness (QED) is 0.808. The molecule has 1 atom stereocenters. The van der Waals surface area contributed by atoms with Crippen molar-refractivity contribution in [1.29, 1.82) is 0 Å². The van der Waals surface area contributed by atoms with Gasteiger partial charge in [-0.3, -0.25) is 0 Å². The van der Waals surface area contributed by atoms with E-state index in [1.165, 1.54) is 18.2 Å². The fraction of sp³-hybridized carbons (Fsp3) is 0.417. The molecule has 1 aromatic rings. The van der Waals surface area contributed by atoms with Crippen molar-refractivity contribution in [2.75, 3.05) is 19.6 Å². The Morgan fingerprint density at radius 3 is 3.12 bits per heavy atom. The van der Waals surface area contributed by atoms with Crippen LogP contribution in [0.3, 0.4) is 0 Å². The predicted molar refractivity (Wildman–Crippen MR) is 61.5 cm³/mol. The van der Waals surface area contributed by atoms with Crippen LogP contribution in [0, 0.1) is 5.82 Å². The lowest BCUT2D eigenvalue weighted by atomic mass is 10.2. The molecular formula is C12H15FN2O2. The van der Waals surface area contributed by atoms with E-state index < -0.39 is 11.9 Å². The van der Waals surface area contributed by atoms with Crippen LogP contribution in [0.2, 0.25) is 0 Å². The maximum absolute atomic E-state index is 12.9. The van der Waals surface area contributed by atoms with E-state index in [1.54, 1.807) is 11.0 Å². The SMILES string of the molecule is CC1CN(C(=O)Oc2cccc(F)c2)CCN1. The van der Waals surface area contributed by atoms with Crippen molar-refractivity contribution in [2.45, 2.75) is 13.0 Å². The van der Waals surface area contributed by atoms with Crippen molar-refractivity contribution >= 4 is 6.09 Å². The van der Waals surface area contributed by atoms with Crippen molar-refractivity contribution in [1.82, 2.24) is 10.2 Å². The fourth-order valence-electron chi connectivity index (χ4n) is 1.79. The minimum atomic E-state index is -0.427. The average molecular weight is 238 g/mol. The molecule has 1 heterocycles. The monoisotopic (exact) mass is 238 g/mol. The van der Waals surface area contributed by atoms with Crippen LogP contribution >= 0.6 is 0 Å². The van der Waals surface area contributed by atoms with E-state index in [-0.39, 0.29) is 11.8 Å². The van der Waals surface area contributed by atoms with Crippen LogP contribution in [0.25, 0.3) is 0 Å².